The predicted octanol–water partition coefficient (Wildman–Crippen LogP) is 2.71. The Bertz CT molecular complexity index is 421. The summed E-state index contributed by atoms with van der Waals surface area (Å²) < 4.78 is 12.1. The molecule has 0 radical (unpaired) electrons. The smallest absolute Gasteiger partial charge is 0.211 e. The van der Waals surface area contributed by atoms with E-state index in [2.05, 4.69) is 0 Å². The van der Waals surface area contributed by atoms with Crippen LogP contribution < -0.4 is 4.74 Å². The Morgan fingerprint density at radius 2 is 2.12 bits per heavy atom. The molecule has 1 aromatic carbocycles. The van der Waals surface area contributed by atoms with Gasteiger partial charge in [-0.3, -0.25) is 0 Å². The SMILES string of the molecule is Cc1cccc2c1OC1(CCCC1)OC2CO. The van der Waals surface area contributed by atoms with E-state index in [0.29, 0.717) is 0 Å². The number of hydrogen-bond acceptors (Lipinski definition) is 3. The lowest BCUT2D eigenvalue weighted by molar-refractivity contribution is -0.232. The summed E-state index contributed by atoms with van der Waals surface area (Å²) in [5.41, 5.74) is 2.10. The fourth-order valence-electron chi connectivity index (χ4n) is 2.87. The van der Waals surface area contributed by atoms with Crippen LogP contribution in [0.2, 0.25) is 0 Å². The predicted molar refractivity (Wildman–Crippen MR) is 63.9 cm³/mol. The van der Waals surface area contributed by atoms with Crippen LogP contribution in [0.15, 0.2) is 18.2 Å². The van der Waals surface area contributed by atoms with Gasteiger partial charge >= 0.3 is 0 Å². The maximum Gasteiger partial charge on any atom is 0.211 e. The molecule has 1 saturated carbocycles. The van der Waals surface area contributed by atoms with Crippen LogP contribution in [-0.2, 0) is 4.74 Å². The van der Waals surface area contributed by atoms with E-state index in [1.54, 1.807) is 0 Å². The van der Waals surface area contributed by atoms with Crippen LogP contribution in [0, 0.1) is 6.92 Å². The Labute approximate surface area is 101 Å². The van der Waals surface area contributed by atoms with Gasteiger partial charge in [0.2, 0.25) is 5.79 Å². The molecule has 3 heteroatoms. The lowest BCUT2D eigenvalue weighted by Gasteiger charge is -2.40. The highest BCUT2D eigenvalue weighted by Gasteiger charge is 2.44. The second-order valence-corrected chi connectivity index (χ2v) is 5.00. The molecule has 1 heterocycles. The van der Waals surface area contributed by atoms with Crippen LogP contribution in [0.4, 0.5) is 0 Å². The summed E-state index contributed by atoms with van der Waals surface area (Å²) in [5, 5.41) is 9.49. The van der Waals surface area contributed by atoms with E-state index in [1.165, 1.54) is 0 Å². The molecule has 1 N–H and O–H groups in total. The molecule has 1 atom stereocenters. The minimum absolute atomic E-state index is 0.0154. The molecule has 3 nitrogen and oxygen atoms in total. The van der Waals surface area contributed by atoms with Gasteiger partial charge in [0.1, 0.15) is 11.9 Å². The molecule has 1 aromatic rings. The molecule has 17 heavy (non-hydrogen) atoms. The van der Waals surface area contributed by atoms with Gasteiger partial charge in [-0.1, -0.05) is 18.2 Å². The van der Waals surface area contributed by atoms with E-state index in [4.69, 9.17) is 9.47 Å². The number of aliphatic hydroxyl groups excluding tert-OH is 1. The minimum atomic E-state index is -0.480. The van der Waals surface area contributed by atoms with Crippen molar-refractivity contribution in [2.45, 2.75) is 44.5 Å². The van der Waals surface area contributed by atoms with E-state index in [-0.39, 0.29) is 12.7 Å². The third-order valence-corrected chi connectivity index (χ3v) is 3.77. The number of benzene rings is 1. The first-order valence-corrected chi connectivity index (χ1v) is 6.31. The van der Waals surface area contributed by atoms with Crippen molar-refractivity contribution >= 4 is 0 Å². The molecule has 0 amide bonds. The summed E-state index contributed by atoms with van der Waals surface area (Å²) >= 11 is 0. The molecule has 0 aromatic heterocycles. The van der Waals surface area contributed by atoms with Gasteiger partial charge in [0, 0.05) is 18.4 Å². The summed E-state index contributed by atoms with van der Waals surface area (Å²) in [6.45, 7) is 2.06. The highest BCUT2D eigenvalue weighted by atomic mass is 16.7. The molecule has 1 fully saturated rings. The first-order valence-electron chi connectivity index (χ1n) is 6.31. The van der Waals surface area contributed by atoms with E-state index in [1.807, 2.05) is 25.1 Å². The van der Waals surface area contributed by atoms with Crippen molar-refractivity contribution in [2.75, 3.05) is 6.61 Å². The second kappa shape index (κ2) is 4.00. The molecule has 92 valence electrons. The first kappa shape index (κ1) is 11.1. The fraction of sp³-hybridized carbons (Fsp3) is 0.571. The number of hydrogen-bond donors (Lipinski definition) is 1. The van der Waals surface area contributed by atoms with Gasteiger partial charge in [-0.15, -0.1) is 0 Å². The molecular formula is C14H18O3. The minimum Gasteiger partial charge on any atom is -0.462 e. The van der Waals surface area contributed by atoms with Crippen molar-refractivity contribution in [3.8, 4) is 5.75 Å². The van der Waals surface area contributed by atoms with Gasteiger partial charge in [0.25, 0.3) is 0 Å². The summed E-state index contributed by atoms with van der Waals surface area (Å²) in [6, 6.07) is 6.00. The van der Waals surface area contributed by atoms with Crippen LogP contribution >= 0.6 is 0 Å². The maximum absolute atomic E-state index is 9.49. The Hall–Kier alpha value is -1.06. The largest absolute Gasteiger partial charge is 0.462 e. The normalized spacial score (nSPS) is 25.6. The molecule has 2 aliphatic rings. The summed E-state index contributed by atoms with van der Waals surface area (Å²) in [4.78, 5) is 0. The van der Waals surface area contributed by atoms with Crippen LogP contribution in [-0.4, -0.2) is 17.5 Å². The van der Waals surface area contributed by atoms with Crippen molar-refractivity contribution in [2.24, 2.45) is 0 Å². The van der Waals surface area contributed by atoms with Crippen LogP contribution in [0.5, 0.6) is 5.75 Å². The average Bonchev–Trinajstić information content (AvgIpc) is 2.78. The van der Waals surface area contributed by atoms with E-state index < -0.39 is 5.79 Å². The van der Waals surface area contributed by atoms with Gasteiger partial charge in [0.05, 0.1) is 6.61 Å². The van der Waals surface area contributed by atoms with Crippen molar-refractivity contribution in [1.29, 1.82) is 0 Å². The van der Waals surface area contributed by atoms with Gasteiger partial charge < -0.3 is 14.6 Å². The van der Waals surface area contributed by atoms with Crippen molar-refractivity contribution < 1.29 is 14.6 Å². The Morgan fingerprint density at radius 3 is 2.82 bits per heavy atom. The lowest BCUT2D eigenvalue weighted by atomic mass is 10.0. The van der Waals surface area contributed by atoms with E-state index in [0.717, 1.165) is 42.6 Å². The Kier molecular flexibility index (Phi) is 2.60. The number of para-hydroxylation sites is 1. The summed E-state index contributed by atoms with van der Waals surface area (Å²) in [7, 11) is 0. The van der Waals surface area contributed by atoms with Crippen LogP contribution in [0.3, 0.4) is 0 Å². The molecule has 0 bridgehead atoms. The fourth-order valence-corrected chi connectivity index (χ4v) is 2.87. The van der Waals surface area contributed by atoms with E-state index in [9.17, 15) is 5.11 Å². The third-order valence-electron chi connectivity index (χ3n) is 3.77. The lowest BCUT2D eigenvalue weighted by Crippen LogP contribution is -2.42. The second-order valence-electron chi connectivity index (χ2n) is 5.00. The standard InChI is InChI=1S/C14H18O3/c1-10-5-4-6-11-12(9-15)16-14(17-13(10)11)7-2-3-8-14/h4-6,12,15H,2-3,7-9H2,1H3. The summed E-state index contributed by atoms with van der Waals surface area (Å²) in [6.07, 6.45) is 3.89. The molecule has 1 spiro atoms. The van der Waals surface area contributed by atoms with Crippen molar-refractivity contribution in [3.63, 3.8) is 0 Å². The Morgan fingerprint density at radius 1 is 1.35 bits per heavy atom. The number of rotatable bonds is 1. The first-order chi connectivity index (χ1) is 8.24. The van der Waals surface area contributed by atoms with Gasteiger partial charge in [0.15, 0.2) is 0 Å². The molecule has 1 aliphatic carbocycles. The molecule has 3 rings (SSSR count). The number of aryl methyl sites for hydroxylation is 1. The zero-order valence-electron chi connectivity index (χ0n) is 10.1. The monoisotopic (exact) mass is 234 g/mol. The third kappa shape index (κ3) is 1.74. The summed E-state index contributed by atoms with van der Waals surface area (Å²) in [5.74, 6) is 0.437. The van der Waals surface area contributed by atoms with Crippen LogP contribution in [0.25, 0.3) is 0 Å². The van der Waals surface area contributed by atoms with Crippen molar-refractivity contribution in [3.05, 3.63) is 29.3 Å². The zero-order valence-corrected chi connectivity index (χ0v) is 10.1. The van der Waals surface area contributed by atoms with E-state index >= 15 is 0 Å². The highest BCUT2D eigenvalue weighted by molar-refractivity contribution is 5.43. The topological polar surface area (TPSA) is 38.7 Å². The van der Waals surface area contributed by atoms with Crippen LogP contribution in [0.1, 0.15) is 42.9 Å². The van der Waals surface area contributed by atoms with Gasteiger partial charge in [-0.2, -0.15) is 0 Å². The van der Waals surface area contributed by atoms with Gasteiger partial charge in [-0.05, 0) is 25.3 Å². The number of aliphatic hydroxyl groups is 1. The molecule has 1 aliphatic heterocycles. The highest BCUT2D eigenvalue weighted by Crippen LogP contribution is 2.46. The molecule has 0 saturated heterocycles. The maximum atomic E-state index is 9.49. The number of fused-ring (bicyclic) bond motifs is 1. The van der Waals surface area contributed by atoms with Gasteiger partial charge in [-0.25, -0.2) is 0 Å². The number of ether oxygens (including phenoxy) is 2. The quantitative estimate of drug-likeness (QED) is 0.812. The average molecular weight is 234 g/mol. The zero-order chi connectivity index (χ0) is 11.9. The molecule has 1 unspecified atom stereocenters. The molecular weight excluding hydrogens is 216 g/mol. The van der Waals surface area contributed by atoms with Crippen molar-refractivity contribution in [1.82, 2.24) is 0 Å². The Balaban J connectivity index is 2.04.